The van der Waals surface area contributed by atoms with Crippen LogP contribution in [0.25, 0.3) is 4.96 Å². The molecule has 0 radical (unpaired) electrons. The van der Waals surface area contributed by atoms with Gasteiger partial charge in [0.15, 0.2) is 5.82 Å². The van der Waals surface area contributed by atoms with Crippen LogP contribution in [0.15, 0.2) is 54.6 Å². The van der Waals surface area contributed by atoms with Crippen LogP contribution in [0, 0.1) is 5.82 Å². The molecule has 0 saturated carbocycles. The second kappa shape index (κ2) is 8.97. The number of hydrogen-bond donors (Lipinski definition) is 1. The van der Waals surface area contributed by atoms with E-state index in [0.717, 1.165) is 43.2 Å². The van der Waals surface area contributed by atoms with E-state index in [1.165, 1.54) is 27.5 Å². The van der Waals surface area contributed by atoms with E-state index in [0.29, 0.717) is 17.2 Å². The third-order valence-corrected chi connectivity index (χ3v) is 7.07. The minimum atomic E-state index is -0.276. The lowest BCUT2D eigenvalue weighted by Gasteiger charge is -2.39. The fraction of sp³-hybridized carbons (Fsp3) is 0.333. The highest BCUT2D eigenvalue weighted by Gasteiger charge is 2.32. The predicted octanol–water partition coefficient (Wildman–Crippen LogP) is 4.11. The molecule has 2 aromatic heterocycles. The third kappa shape index (κ3) is 4.13. The van der Waals surface area contributed by atoms with E-state index in [4.69, 9.17) is 0 Å². The first-order valence-corrected chi connectivity index (χ1v) is 11.8. The van der Waals surface area contributed by atoms with Gasteiger partial charge in [0.1, 0.15) is 5.82 Å². The van der Waals surface area contributed by atoms with Crippen molar-refractivity contribution in [3.63, 3.8) is 0 Å². The van der Waals surface area contributed by atoms with Crippen molar-refractivity contribution in [1.82, 2.24) is 24.4 Å². The van der Waals surface area contributed by atoms with Crippen LogP contribution in [0.5, 0.6) is 5.88 Å². The van der Waals surface area contributed by atoms with Crippen LogP contribution in [0.2, 0.25) is 0 Å². The average molecular weight is 452 g/mol. The van der Waals surface area contributed by atoms with Gasteiger partial charge in [0.25, 0.3) is 0 Å². The number of aromatic nitrogens is 3. The minimum Gasteiger partial charge on any atom is -0.492 e. The Morgan fingerprint density at radius 3 is 2.53 bits per heavy atom. The summed E-state index contributed by atoms with van der Waals surface area (Å²) in [6, 6.07) is 16.9. The number of hydrogen-bond acceptors (Lipinski definition) is 6. The molecule has 4 aromatic rings. The number of nitrogens with zero attached hydrogens (tertiary/aromatic N) is 5. The molecule has 1 fully saturated rings. The Morgan fingerprint density at radius 2 is 1.84 bits per heavy atom. The van der Waals surface area contributed by atoms with Crippen molar-refractivity contribution in [1.29, 1.82) is 0 Å². The molecule has 1 saturated heterocycles. The van der Waals surface area contributed by atoms with Crippen LogP contribution < -0.4 is 0 Å². The van der Waals surface area contributed by atoms with Gasteiger partial charge in [-0.1, -0.05) is 60.7 Å². The summed E-state index contributed by atoms with van der Waals surface area (Å²) in [6.07, 6.45) is 0.708. The molecule has 1 N–H and O–H groups in total. The van der Waals surface area contributed by atoms with Gasteiger partial charge in [-0.25, -0.2) is 9.37 Å². The van der Waals surface area contributed by atoms with Crippen molar-refractivity contribution in [2.45, 2.75) is 25.9 Å². The van der Waals surface area contributed by atoms with Crippen LogP contribution in [0.3, 0.4) is 0 Å². The van der Waals surface area contributed by atoms with Crippen molar-refractivity contribution >= 4 is 16.3 Å². The summed E-state index contributed by atoms with van der Waals surface area (Å²) >= 11 is 1.43. The van der Waals surface area contributed by atoms with Crippen LogP contribution in [-0.4, -0.2) is 55.7 Å². The first kappa shape index (κ1) is 21.1. The standard InChI is InChI=1S/C24H26FN5OS/c1-2-20-26-24-30(27-20)23(31)22(32-24)21(18-9-6-10-19(25)15-18)29-13-11-28(12-14-29)16-17-7-4-3-5-8-17/h3-10,15,21,31H,2,11-14,16H2,1H3/t21-/m1/s1. The topological polar surface area (TPSA) is 56.9 Å². The highest BCUT2D eigenvalue weighted by atomic mass is 32.1. The van der Waals surface area contributed by atoms with Gasteiger partial charge in [0, 0.05) is 39.1 Å². The Balaban J connectivity index is 1.43. The average Bonchev–Trinajstić information content (AvgIpc) is 3.35. The van der Waals surface area contributed by atoms with Gasteiger partial charge in [0.05, 0.1) is 10.9 Å². The van der Waals surface area contributed by atoms with E-state index in [1.807, 2.05) is 19.1 Å². The van der Waals surface area contributed by atoms with E-state index in [1.54, 1.807) is 12.1 Å². The molecule has 0 aliphatic carbocycles. The van der Waals surface area contributed by atoms with E-state index in [2.05, 4.69) is 44.1 Å². The van der Waals surface area contributed by atoms with Gasteiger partial charge in [-0.05, 0) is 23.3 Å². The molecule has 3 heterocycles. The number of halogens is 1. The summed E-state index contributed by atoms with van der Waals surface area (Å²) < 4.78 is 15.7. The van der Waals surface area contributed by atoms with Gasteiger partial charge < -0.3 is 5.11 Å². The first-order chi connectivity index (χ1) is 15.6. The number of thiazole rings is 1. The molecule has 0 amide bonds. The number of aryl methyl sites for hydroxylation is 1. The van der Waals surface area contributed by atoms with Crippen LogP contribution in [0.4, 0.5) is 4.39 Å². The quantitative estimate of drug-likeness (QED) is 0.478. The zero-order valence-electron chi connectivity index (χ0n) is 18.0. The van der Waals surface area contributed by atoms with E-state index >= 15 is 0 Å². The minimum absolute atomic E-state index is 0.0955. The Morgan fingerprint density at radius 1 is 1.06 bits per heavy atom. The summed E-state index contributed by atoms with van der Waals surface area (Å²) in [5, 5.41) is 15.4. The van der Waals surface area contributed by atoms with Crippen LogP contribution >= 0.6 is 11.3 Å². The summed E-state index contributed by atoms with van der Waals surface area (Å²) in [6.45, 7) is 6.36. The summed E-state index contributed by atoms with van der Waals surface area (Å²) in [4.78, 5) is 10.7. The maximum absolute atomic E-state index is 14.1. The normalized spacial score (nSPS) is 16.6. The Labute approximate surface area is 190 Å². The van der Waals surface area contributed by atoms with Crippen LogP contribution in [-0.2, 0) is 13.0 Å². The van der Waals surface area contributed by atoms with Crippen molar-refractivity contribution in [2.75, 3.05) is 26.2 Å². The predicted molar refractivity (Wildman–Crippen MR) is 123 cm³/mol. The lowest BCUT2D eigenvalue weighted by atomic mass is 10.0. The van der Waals surface area contributed by atoms with Crippen molar-refractivity contribution in [3.8, 4) is 5.88 Å². The molecule has 0 unspecified atom stereocenters. The molecule has 166 valence electrons. The number of fused-ring (bicyclic) bond motifs is 1. The van der Waals surface area contributed by atoms with Crippen LogP contribution in [0.1, 0.15) is 34.8 Å². The monoisotopic (exact) mass is 451 g/mol. The zero-order chi connectivity index (χ0) is 22.1. The molecule has 32 heavy (non-hydrogen) atoms. The number of aromatic hydroxyl groups is 1. The Bertz CT molecular complexity index is 1200. The van der Waals surface area contributed by atoms with E-state index < -0.39 is 0 Å². The number of benzene rings is 2. The van der Waals surface area contributed by atoms with Gasteiger partial charge in [-0.15, -0.1) is 5.10 Å². The van der Waals surface area contributed by atoms with E-state index in [9.17, 15) is 9.50 Å². The second-order valence-electron chi connectivity index (χ2n) is 8.12. The summed E-state index contributed by atoms with van der Waals surface area (Å²) in [7, 11) is 0. The third-order valence-electron chi connectivity index (χ3n) is 5.99. The molecular weight excluding hydrogens is 425 g/mol. The zero-order valence-corrected chi connectivity index (χ0v) is 18.8. The molecule has 0 spiro atoms. The summed E-state index contributed by atoms with van der Waals surface area (Å²) in [5.41, 5.74) is 2.13. The number of piperazine rings is 1. The molecular formula is C24H26FN5OS. The van der Waals surface area contributed by atoms with Crippen molar-refractivity contribution < 1.29 is 9.50 Å². The molecule has 0 bridgehead atoms. The lowest BCUT2D eigenvalue weighted by Crippen LogP contribution is -2.47. The smallest absolute Gasteiger partial charge is 0.230 e. The van der Waals surface area contributed by atoms with Crippen molar-refractivity contribution in [2.24, 2.45) is 0 Å². The molecule has 1 aliphatic heterocycles. The molecule has 1 aliphatic rings. The Kier molecular flexibility index (Phi) is 5.91. The fourth-order valence-electron chi connectivity index (χ4n) is 4.34. The molecule has 2 aromatic carbocycles. The molecule has 8 heteroatoms. The Hall–Kier alpha value is -2.81. The highest BCUT2D eigenvalue weighted by molar-refractivity contribution is 7.17. The van der Waals surface area contributed by atoms with Gasteiger partial charge >= 0.3 is 0 Å². The molecule has 5 rings (SSSR count). The van der Waals surface area contributed by atoms with Crippen molar-refractivity contribution in [3.05, 3.63) is 82.2 Å². The highest BCUT2D eigenvalue weighted by Crippen LogP contribution is 2.40. The lowest BCUT2D eigenvalue weighted by molar-refractivity contribution is 0.105. The van der Waals surface area contributed by atoms with Gasteiger partial charge in [-0.3, -0.25) is 9.80 Å². The second-order valence-corrected chi connectivity index (χ2v) is 9.13. The maximum Gasteiger partial charge on any atom is 0.230 e. The fourth-order valence-corrected chi connectivity index (χ4v) is 5.48. The number of rotatable bonds is 6. The SMILES string of the molecule is CCc1nc2sc([C@@H](c3cccc(F)c3)N3CCN(Cc4ccccc4)CC3)c(O)n2n1. The maximum atomic E-state index is 14.1. The molecule has 6 nitrogen and oxygen atoms in total. The largest absolute Gasteiger partial charge is 0.492 e. The van der Waals surface area contributed by atoms with Gasteiger partial charge in [-0.2, -0.15) is 4.52 Å². The van der Waals surface area contributed by atoms with E-state index in [-0.39, 0.29) is 17.7 Å². The summed E-state index contributed by atoms with van der Waals surface area (Å²) in [5.74, 6) is 0.524. The van der Waals surface area contributed by atoms with Gasteiger partial charge in [0.2, 0.25) is 10.8 Å². The first-order valence-electron chi connectivity index (χ1n) is 11.0. The molecule has 1 atom stereocenters.